The SMILES string of the molecule is CCc1ccc(NC(=O)C(=O)N/N=C\c2ccc(OC(=O)c3ccccc3Br)cc2)cc1. The number of rotatable bonds is 6. The molecule has 0 heterocycles. The number of hydrogen-bond donors (Lipinski definition) is 2. The fourth-order valence-corrected chi connectivity index (χ4v) is 3.09. The lowest BCUT2D eigenvalue weighted by Gasteiger charge is -2.06. The minimum atomic E-state index is -0.889. The molecule has 0 unspecified atom stereocenters. The highest BCUT2D eigenvalue weighted by Crippen LogP contribution is 2.19. The van der Waals surface area contributed by atoms with Crippen molar-refractivity contribution in [2.24, 2.45) is 5.10 Å². The summed E-state index contributed by atoms with van der Waals surface area (Å²) in [6.45, 7) is 2.03. The molecule has 0 spiro atoms. The van der Waals surface area contributed by atoms with Crippen LogP contribution in [0, 0.1) is 0 Å². The highest BCUT2D eigenvalue weighted by Gasteiger charge is 2.13. The molecule has 0 atom stereocenters. The van der Waals surface area contributed by atoms with Gasteiger partial charge in [0.05, 0.1) is 11.8 Å². The summed E-state index contributed by atoms with van der Waals surface area (Å²) < 4.78 is 5.99. The summed E-state index contributed by atoms with van der Waals surface area (Å²) in [7, 11) is 0. The van der Waals surface area contributed by atoms with E-state index in [9.17, 15) is 14.4 Å². The molecule has 0 aliphatic heterocycles. The van der Waals surface area contributed by atoms with Crippen LogP contribution in [0.15, 0.2) is 82.4 Å². The number of amides is 2. The Morgan fingerprint density at radius 3 is 2.28 bits per heavy atom. The van der Waals surface area contributed by atoms with E-state index in [1.807, 2.05) is 19.1 Å². The van der Waals surface area contributed by atoms with E-state index in [-0.39, 0.29) is 0 Å². The van der Waals surface area contributed by atoms with E-state index < -0.39 is 17.8 Å². The van der Waals surface area contributed by atoms with Gasteiger partial charge >= 0.3 is 17.8 Å². The molecular weight excluding hydrogens is 474 g/mol. The molecule has 8 heteroatoms. The topological polar surface area (TPSA) is 96.9 Å². The van der Waals surface area contributed by atoms with E-state index in [1.54, 1.807) is 60.7 Å². The molecule has 3 aromatic rings. The Bertz CT molecular complexity index is 1140. The number of nitrogens with one attached hydrogen (secondary N) is 2. The van der Waals surface area contributed by atoms with Gasteiger partial charge in [-0.3, -0.25) is 9.59 Å². The van der Waals surface area contributed by atoms with Gasteiger partial charge in [-0.15, -0.1) is 0 Å². The van der Waals surface area contributed by atoms with Crippen LogP contribution >= 0.6 is 15.9 Å². The third kappa shape index (κ3) is 6.36. The molecule has 0 fully saturated rings. The van der Waals surface area contributed by atoms with E-state index >= 15 is 0 Å². The summed E-state index contributed by atoms with van der Waals surface area (Å²) in [4.78, 5) is 36.1. The van der Waals surface area contributed by atoms with Crippen molar-refractivity contribution in [3.8, 4) is 5.75 Å². The van der Waals surface area contributed by atoms with E-state index in [1.165, 1.54) is 6.21 Å². The normalized spacial score (nSPS) is 10.6. The lowest BCUT2D eigenvalue weighted by atomic mass is 10.1. The fraction of sp³-hybridized carbons (Fsp3) is 0.0833. The Morgan fingerprint density at radius 2 is 1.62 bits per heavy atom. The number of ether oxygens (including phenoxy) is 1. The second-order valence-corrected chi connectivity index (χ2v) is 7.50. The van der Waals surface area contributed by atoms with E-state index in [0.29, 0.717) is 27.0 Å². The van der Waals surface area contributed by atoms with Gasteiger partial charge in [0, 0.05) is 10.2 Å². The number of aryl methyl sites for hydroxylation is 1. The smallest absolute Gasteiger partial charge is 0.344 e. The minimum Gasteiger partial charge on any atom is -0.423 e. The molecule has 3 aromatic carbocycles. The highest BCUT2D eigenvalue weighted by atomic mass is 79.9. The van der Waals surface area contributed by atoms with Gasteiger partial charge in [-0.1, -0.05) is 31.2 Å². The molecular formula is C24H20BrN3O4. The van der Waals surface area contributed by atoms with Crippen LogP contribution in [0.25, 0.3) is 0 Å². The first kappa shape index (κ1) is 22.9. The van der Waals surface area contributed by atoms with Gasteiger partial charge < -0.3 is 10.1 Å². The molecule has 0 saturated carbocycles. The molecule has 32 heavy (non-hydrogen) atoms. The number of halogens is 1. The third-order valence-corrected chi connectivity index (χ3v) is 5.08. The number of benzene rings is 3. The van der Waals surface area contributed by atoms with E-state index in [0.717, 1.165) is 12.0 Å². The average molecular weight is 494 g/mol. The maximum absolute atomic E-state index is 12.2. The monoisotopic (exact) mass is 493 g/mol. The quantitative estimate of drug-likeness (QED) is 0.175. The first-order chi connectivity index (χ1) is 15.5. The molecule has 0 aromatic heterocycles. The van der Waals surface area contributed by atoms with Crippen molar-refractivity contribution in [1.29, 1.82) is 0 Å². The van der Waals surface area contributed by atoms with Gasteiger partial charge in [0.1, 0.15) is 5.75 Å². The van der Waals surface area contributed by atoms with Crippen LogP contribution in [0.2, 0.25) is 0 Å². The first-order valence-electron chi connectivity index (χ1n) is 9.76. The summed E-state index contributed by atoms with van der Waals surface area (Å²) in [5.41, 5.74) is 4.89. The lowest BCUT2D eigenvalue weighted by Crippen LogP contribution is -2.32. The Kier molecular flexibility index (Phi) is 7.88. The summed E-state index contributed by atoms with van der Waals surface area (Å²) >= 11 is 3.32. The van der Waals surface area contributed by atoms with Crippen LogP contribution in [0.5, 0.6) is 5.75 Å². The molecule has 2 N–H and O–H groups in total. The second kappa shape index (κ2) is 11.0. The Hall–Kier alpha value is -3.78. The van der Waals surface area contributed by atoms with Crippen molar-refractivity contribution in [3.05, 3.63) is 94.0 Å². The van der Waals surface area contributed by atoms with Crippen LogP contribution in [0.3, 0.4) is 0 Å². The van der Waals surface area contributed by atoms with Crippen LogP contribution in [0.4, 0.5) is 5.69 Å². The molecule has 162 valence electrons. The van der Waals surface area contributed by atoms with Gasteiger partial charge in [-0.05, 0) is 82.0 Å². The lowest BCUT2D eigenvalue weighted by molar-refractivity contribution is -0.136. The molecule has 0 radical (unpaired) electrons. The summed E-state index contributed by atoms with van der Waals surface area (Å²) in [6.07, 6.45) is 2.26. The summed E-state index contributed by atoms with van der Waals surface area (Å²) in [5.74, 6) is -1.83. The number of nitrogens with zero attached hydrogens (tertiary/aromatic N) is 1. The van der Waals surface area contributed by atoms with Crippen LogP contribution in [0.1, 0.15) is 28.4 Å². The van der Waals surface area contributed by atoms with Gasteiger partial charge in [0.25, 0.3) is 0 Å². The first-order valence-corrected chi connectivity index (χ1v) is 10.6. The van der Waals surface area contributed by atoms with Crippen molar-refractivity contribution < 1.29 is 19.1 Å². The predicted molar refractivity (Wildman–Crippen MR) is 126 cm³/mol. The number of carbonyl (C=O) groups is 3. The summed E-state index contributed by atoms with van der Waals surface area (Å²) in [5, 5.41) is 6.29. The maximum Gasteiger partial charge on any atom is 0.344 e. The average Bonchev–Trinajstić information content (AvgIpc) is 2.80. The van der Waals surface area contributed by atoms with Gasteiger partial charge in [0.15, 0.2) is 0 Å². The molecule has 2 amide bonds. The number of anilines is 1. The molecule has 3 rings (SSSR count). The van der Waals surface area contributed by atoms with Crippen molar-refractivity contribution in [1.82, 2.24) is 5.43 Å². The molecule has 7 nitrogen and oxygen atoms in total. The molecule has 0 aliphatic carbocycles. The van der Waals surface area contributed by atoms with Gasteiger partial charge in [0.2, 0.25) is 0 Å². The zero-order chi connectivity index (χ0) is 22.9. The van der Waals surface area contributed by atoms with E-state index in [4.69, 9.17) is 4.74 Å². The van der Waals surface area contributed by atoms with Gasteiger partial charge in [-0.2, -0.15) is 5.10 Å². The van der Waals surface area contributed by atoms with Crippen molar-refractivity contribution in [2.75, 3.05) is 5.32 Å². The van der Waals surface area contributed by atoms with Crippen molar-refractivity contribution >= 4 is 45.6 Å². The Balaban J connectivity index is 1.50. The molecule has 0 saturated heterocycles. The third-order valence-electron chi connectivity index (χ3n) is 4.39. The zero-order valence-electron chi connectivity index (χ0n) is 17.2. The van der Waals surface area contributed by atoms with Crippen LogP contribution in [-0.4, -0.2) is 24.0 Å². The van der Waals surface area contributed by atoms with Gasteiger partial charge in [-0.25, -0.2) is 10.2 Å². The second-order valence-electron chi connectivity index (χ2n) is 6.64. The highest BCUT2D eigenvalue weighted by molar-refractivity contribution is 9.10. The number of hydrogen-bond acceptors (Lipinski definition) is 5. The number of esters is 1. The van der Waals surface area contributed by atoms with E-state index in [2.05, 4.69) is 31.8 Å². The van der Waals surface area contributed by atoms with Crippen molar-refractivity contribution in [2.45, 2.75) is 13.3 Å². The number of hydrazone groups is 1. The maximum atomic E-state index is 12.2. The number of carbonyl (C=O) groups excluding carboxylic acids is 3. The van der Waals surface area contributed by atoms with Crippen LogP contribution < -0.4 is 15.5 Å². The Morgan fingerprint density at radius 1 is 0.938 bits per heavy atom. The Labute approximate surface area is 193 Å². The fourth-order valence-electron chi connectivity index (χ4n) is 2.64. The minimum absolute atomic E-state index is 0.361. The van der Waals surface area contributed by atoms with Crippen LogP contribution in [-0.2, 0) is 16.0 Å². The predicted octanol–water partition coefficient (Wildman–Crippen LogP) is 4.32. The van der Waals surface area contributed by atoms with Crippen molar-refractivity contribution in [3.63, 3.8) is 0 Å². The zero-order valence-corrected chi connectivity index (χ0v) is 18.8. The largest absolute Gasteiger partial charge is 0.423 e. The molecule has 0 bridgehead atoms. The molecule has 0 aliphatic rings. The summed E-state index contributed by atoms with van der Waals surface area (Å²) in [6, 6.07) is 20.7. The standard InChI is InChI=1S/C24H20BrN3O4/c1-2-16-7-11-18(12-8-16)27-22(29)23(30)28-26-15-17-9-13-19(14-10-17)32-24(31)20-5-3-4-6-21(20)25/h3-15H,2H2,1H3,(H,27,29)(H,28,30)/b26-15-.